The molecule has 0 atom stereocenters. The minimum Gasteiger partial charge on any atom is -0.495 e. The number of methoxy groups -OCH3 is 1. The second-order valence-corrected chi connectivity index (χ2v) is 9.25. The van der Waals surface area contributed by atoms with Crippen LogP contribution >= 0.6 is 15.9 Å². The van der Waals surface area contributed by atoms with Crippen LogP contribution in [0, 0.1) is 12.8 Å². The normalized spacial score (nSPS) is 13.2. The number of aryl methyl sites for hydroxylation is 1. The number of ether oxygens (including phenoxy) is 1. The van der Waals surface area contributed by atoms with Crippen molar-refractivity contribution in [3.8, 4) is 5.75 Å². The molecule has 3 heterocycles. The highest BCUT2D eigenvalue weighted by molar-refractivity contribution is 9.10. The maximum atomic E-state index is 13.3. The van der Waals surface area contributed by atoms with Gasteiger partial charge in [0.05, 0.1) is 17.0 Å². The number of rotatable bonds is 6. The van der Waals surface area contributed by atoms with E-state index in [0.717, 1.165) is 11.1 Å². The summed E-state index contributed by atoms with van der Waals surface area (Å²) in [5.74, 6) is 0.169. The molecule has 8 nitrogen and oxygen atoms in total. The van der Waals surface area contributed by atoms with Crippen LogP contribution in [0.5, 0.6) is 5.75 Å². The quantitative estimate of drug-likeness (QED) is 0.528. The van der Waals surface area contributed by atoms with Gasteiger partial charge in [0, 0.05) is 25.8 Å². The Kier molecular flexibility index (Phi) is 7.76. The number of nitrogens with one attached hydrogen (secondary N) is 1. The lowest BCUT2D eigenvalue weighted by atomic mass is 10.0. The van der Waals surface area contributed by atoms with E-state index in [4.69, 9.17) is 4.74 Å². The van der Waals surface area contributed by atoms with Gasteiger partial charge in [-0.05, 0) is 40.4 Å². The van der Waals surface area contributed by atoms with Crippen molar-refractivity contribution in [3.05, 3.63) is 68.0 Å². The SMILES string of the molecule is C.COc1c(Br)cnc2c1cc(C(=O)NCc1ccc(C)cc1)c(=O)n2CC(=O)N1CC(C)C1. The van der Waals surface area contributed by atoms with Crippen molar-refractivity contribution in [2.45, 2.75) is 34.4 Å². The summed E-state index contributed by atoms with van der Waals surface area (Å²) < 4.78 is 7.34. The minimum atomic E-state index is -0.567. The molecule has 0 saturated carbocycles. The summed E-state index contributed by atoms with van der Waals surface area (Å²) in [6.45, 7) is 5.44. The summed E-state index contributed by atoms with van der Waals surface area (Å²) in [5, 5.41) is 3.27. The van der Waals surface area contributed by atoms with Gasteiger partial charge in [-0.1, -0.05) is 44.2 Å². The fraction of sp³-hybridized carbons (Fsp3) is 0.360. The molecule has 1 fully saturated rings. The summed E-state index contributed by atoms with van der Waals surface area (Å²) >= 11 is 3.40. The number of benzene rings is 1. The second kappa shape index (κ2) is 10.4. The van der Waals surface area contributed by atoms with Gasteiger partial charge < -0.3 is 15.0 Å². The van der Waals surface area contributed by atoms with Crippen molar-refractivity contribution < 1.29 is 14.3 Å². The van der Waals surface area contributed by atoms with E-state index in [-0.39, 0.29) is 37.6 Å². The van der Waals surface area contributed by atoms with E-state index in [9.17, 15) is 14.4 Å². The molecule has 180 valence electrons. The molecule has 1 N–H and O–H groups in total. The van der Waals surface area contributed by atoms with Crippen LogP contribution in [0.4, 0.5) is 0 Å². The van der Waals surface area contributed by atoms with Crippen molar-refractivity contribution in [1.29, 1.82) is 0 Å². The highest BCUT2D eigenvalue weighted by atomic mass is 79.9. The smallest absolute Gasteiger partial charge is 0.265 e. The molecule has 1 aliphatic rings. The number of halogens is 1. The number of likely N-dealkylation sites (tertiary alicyclic amines) is 1. The van der Waals surface area contributed by atoms with Gasteiger partial charge in [-0.2, -0.15) is 0 Å². The first kappa shape index (κ1) is 25.4. The molecule has 9 heteroatoms. The average molecular weight is 529 g/mol. The van der Waals surface area contributed by atoms with E-state index in [1.165, 1.54) is 23.9 Å². The number of nitrogens with zero attached hydrogens (tertiary/aromatic N) is 3. The molecule has 34 heavy (non-hydrogen) atoms. The van der Waals surface area contributed by atoms with Crippen molar-refractivity contribution in [1.82, 2.24) is 19.8 Å². The van der Waals surface area contributed by atoms with Crippen LogP contribution in [0.25, 0.3) is 11.0 Å². The maximum Gasteiger partial charge on any atom is 0.265 e. The van der Waals surface area contributed by atoms with Crippen molar-refractivity contribution >= 4 is 38.8 Å². The average Bonchev–Trinajstić information content (AvgIpc) is 2.77. The number of carbonyl (C=O) groups is 2. The Morgan fingerprint density at radius 1 is 1.24 bits per heavy atom. The number of carbonyl (C=O) groups excluding carboxylic acids is 2. The first-order valence-electron chi connectivity index (χ1n) is 10.7. The minimum absolute atomic E-state index is 0. The summed E-state index contributed by atoms with van der Waals surface area (Å²) in [5.41, 5.74) is 1.69. The van der Waals surface area contributed by atoms with E-state index in [1.54, 1.807) is 4.90 Å². The Hall–Kier alpha value is -3.20. The van der Waals surface area contributed by atoms with Crippen LogP contribution < -0.4 is 15.6 Å². The number of amides is 2. The van der Waals surface area contributed by atoms with Crippen LogP contribution in [0.3, 0.4) is 0 Å². The van der Waals surface area contributed by atoms with E-state index in [2.05, 4.69) is 33.2 Å². The van der Waals surface area contributed by atoms with E-state index < -0.39 is 11.5 Å². The predicted molar refractivity (Wildman–Crippen MR) is 135 cm³/mol. The summed E-state index contributed by atoms with van der Waals surface area (Å²) in [6, 6.07) is 9.24. The Morgan fingerprint density at radius 2 is 1.91 bits per heavy atom. The van der Waals surface area contributed by atoms with Crippen LogP contribution in [-0.2, 0) is 17.9 Å². The Balaban J connectivity index is 0.00000324. The summed E-state index contributed by atoms with van der Waals surface area (Å²) in [4.78, 5) is 45.2. The Bertz CT molecular complexity index is 1280. The summed E-state index contributed by atoms with van der Waals surface area (Å²) in [7, 11) is 1.50. The fourth-order valence-corrected chi connectivity index (χ4v) is 4.39. The number of hydrogen-bond acceptors (Lipinski definition) is 5. The third-order valence-corrected chi connectivity index (χ3v) is 6.32. The largest absolute Gasteiger partial charge is 0.495 e. The Morgan fingerprint density at radius 3 is 2.53 bits per heavy atom. The molecule has 1 saturated heterocycles. The highest BCUT2D eigenvalue weighted by Crippen LogP contribution is 2.32. The van der Waals surface area contributed by atoms with Crippen molar-refractivity contribution in [2.75, 3.05) is 20.2 Å². The third kappa shape index (κ3) is 4.99. The molecule has 0 aliphatic carbocycles. The molecular weight excluding hydrogens is 500 g/mol. The molecule has 0 radical (unpaired) electrons. The molecule has 1 aromatic carbocycles. The monoisotopic (exact) mass is 528 g/mol. The molecular formula is C25H29BrN4O4. The third-order valence-electron chi connectivity index (χ3n) is 5.76. The number of pyridine rings is 2. The zero-order chi connectivity index (χ0) is 23.7. The van der Waals surface area contributed by atoms with E-state index in [0.29, 0.717) is 34.6 Å². The predicted octanol–water partition coefficient (Wildman–Crippen LogP) is 3.52. The molecule has 3 aromatic rings. The molecule has 2 aromatic heterocycles. The summed E-state index contributed by atoms with van der Waals surface area (Å²) in [6.07, 6.45) is 1.52. The van der Waals surface area contributed by atoms with Gasteiger partial charge in [0.1, 0.15) is 23.5 Å². The molecule has 0 bridgehead atoms. The van der Waals surface area contributed by atoms with Crippen LogP contribution in [0.2, 0.25) is 0 Å². The highest BCUT2D eigenvalue weighted by Gasteiger charge is 2.28. The number of hydrogen-bond donors (Lipinski definition) is 1. The lowest BCUT2D eigenvalue weighted by molar-refractivity contribution is -0.137. The zero-order valence-corrected chi connectivity index (χ0v) is 20.3. The van der Waals surface area contributed by atoms with Crippen molar-refractivity contribution in [2.24, 2.45) is 5.92 Å². The van der Waals surface area contributed by atoms with Gasteiger partial charge in [0.15, 0.2) is 0 Å². The van der Waals surface area contributed by atoms with Crippen molar-refractivity contribution in [3.63, 3.8) is 0 Å². The Labute approximate surface area is 207 Å². The lowest BCUT2D eigenvalue weighted by Gasteiger charge is -2.37. The molecule has 0 unspecified atom stereocenters. The second-order valence-electron chi connectivity index (χ2n) is 8.40. The van der Waals surface area contributed by atoms with Gasteiger partial charge >= 0.3 is 0 Å². The van der Waals surface area contributed by atoms with Gasteiger partial charge in [-0.15, -0.1) is 0 Å². The first-order valence-corrected chi connectivity index (χ1v) is 11.4. The van der Waals surface area contributed by atoms with Crippen LogP contribution in [0.15, 0.2) is 45.8 Å². The molecule has 0 spiro atoms. The lowest BCUT2D eigenvalue weighted by Crippen LogP contribution is -2.50. The topological polar surface area (TPSA) is 93.5 Å². The van der Waals surface area contributed by atoms with Crippen LogP contribution in [-0.4, -0.2) is 46.5 Å². The number of aromatic nitrogens is 2. The first-order chi connectivity index (χ1) is 15.8. The fourth-order valence-electron chi connectivity index (χ4n) is 3.91. The standard InChI is InChI=1S/C24H25BrN4O4.CH4/c1-14-4-6-16(7-5-14)9-27-23(31)18-8-17-21(33-3)19(25)10-26-22(17)29(24(18)32)13-20(30)28-11-15(2)12-28;/h4-8,10,15H,9,11-13H2,1-3H3,(H,27,31);1H4. The van der Waals surface area contributed by atoms with Gasteiger partial charge in [0.25, 0.3) is 11.5 Å². The molecule has 2 amide bonds. The molecule has 4 rings (SSSR count). The van der Waals surface area contributed by atoms with Gasteiger partial charge in [-0.3, -0.25) is 19.0 Å². The number of fused-ring (bicyclic) bond motifs is 1. The van der Waals surface area contributed by atoms with Gasteiger partial charge in [-0.25, -0.2) is 4.98 Å². The van der Waals surface area contributed by atoms with Gasteiger partial charge in [0.2, 0.25) is 5.91 Å². The van der Waals surface area contributed by atoms with E-state index in [1.807, 2.05) is 31.2 Å². The maximum absolute atomic E-state index is 13.3. The van der Waals surface area contributed by atoms with E-state index >= 15 is 0 Å². The van der Waals surface area contributed by atoms with Crippen LogP contribution in [0.1, 0.15) is 35.8 Å². The zero-order valence-electron chi connectivity index (χ0n) is 18.7. The molecule has 1 aliphatic heterocycles.